The molecule has 0 aliphatic rings. The molecule has 0 saturated heterocycles. The largest absolute Gasteiger partial charge is 0.468 e. The van der Waals surface area contributed by atoms with Gasteiger partial charge in [0.25, 0.3) is 0 Å². The number of methoxy groups -OCH3 is 1. The van der Waals surface area contributed by atoms with Gasteiger partial charge in [0.1, 0.15) is 17.7 Å². The van der Waals surface area contributed by atoms with Gasteiger partial charge in [-0.25, -0.2) is 13.6 Å². The molecule has 0 spiro atoms. The molecule has 2 aromatic rings. The van der Waals surface area contributed by atoms with E-state index in [0.717, 1.165) is 17.7 Å². The van der Waals surface area contributed by atoms with Gasteiger partial charge in [-0.3, -0.25) is 5.32 Å². The van der Waals surface area contributed by atoms with Crippen LogP contribution >= 0.6 is 0 Å². The van der Waals surface area contributed by atoms with E-state index in [-0.39, 0.29) is 12.1 Å². The van der Waals surface area contributed by atoms with Crippen LogP contribution < -0.4 is 5.32 Å². The molecule has 21 heavy (non-hydrogen) atoms. The maximum atomic E-state index is 13.8. The van der Waals surface area contributed by atoms with Gasteiger partial charge >= 0.3 is 5.97 Å². The second kappa shape index (κ2) is 6.95. The smallest absolute Gasteiger partial charge is 0.327 e. The zero-order valence-electron chi connectivity index (χ0n) is 11.5. The third-order valence-corrected chi connectivity index (χ3v) is 3.08. The molecule has 5 heteroatoms. The summed E-state index contributed by atoms with van der Waals surface area (Å²) in [6.45, 7) is 0.286. The summed E-state index contributed by atoms with van der Waals surface area (Å²) >= 11 is 0. The van der Waals surface area contributed by atoms with Crippen LogP contribution in [0.5, 0.6) is 0 Å². The van der Waals surface area contributed by atoms with Gasteiger partial charge in [0.15, 0.2) is 0 Å². The van der Waals surface area contributed by atoms with Crippen LogP contribution in [0.25, 0.3) is 0 Å². The van der Waals surface area contributed by atoms with Crippen molar-refractivity contribution in [1.29, 1.82) is 0 Å². The van der Waals surface area contributed by atoms with Crippen molar-refractivity contribution in [2.75, 3.05) is 7.11 Å². The Morgan fingerprint density at radius 1 is 1.10 bits per heavy atom. The van der Waals surface area contributed by atoms with E-state index >= 15 is 0 Å². The van der Waals surface area contributed by atoms with Crippen molar-refractivity contribution in [3.63, 3.8) is 0 Å². The molecule has 0 aliphatic carbocycles. The van der Waals surface area contributed by atoms with E-state index in [0.29, 0.717) is 0 Å². The zero-order chi connectivity index (χ0) is 15.2. The third kappa shape index (κ3) is 3.64. The van der Waals surface area contributed by atoms with Crippen molar-refractivity contribution >= 4 is 5.97 Å². The molecule has 0 aliphatic heterocycles. The highest BCUT2D eigenvalue weighted by molar-refractivity contribution is 5.77. The summed E-state index contributed by atoms with van der Waals surface area (Å²) in [5, 5.41) is 2.83. The van der Waals surface area contributed by atoms with Crippen molar-refractivity contribution in [2.45, 2.75) is 12.6 Å². The lowest BCUT2D eigenvalue weighted by Crippen LogP contribution is -2.31. The van der Waals surface area contributed by atoms with E-state index in [1.54, 1.807) is 0 Å². The normalized spacial score (nSPS) is 12.0. The van der Waals surface area contributed by atoms with Gasteiger partial charge in [0, 0.05) is 6.54 Å². The number of rotatable bonds is 5. The Balaban J connectivity index is 2.25. The maximum absolute atomic E-state index is 13.8. The molecule has 2 aromatic carbocycles. The molecule has 110 valence electrons. The quantitative estimate of drug-likeness (QED) is 0.861. The zero-order valence-corrected chi connectivity index (χ0v) is 11.5. The van der Waals surface area contributed by atoms with Gasteiger partial charge < -0.3 is 4.74 Å². The molecule has 0 saturated carbocycles. The van der Waals surface area contributed by atoms with Crippen LogP contribution in [0.3, 0.4) is 0 Å². The molecule has 0 fully saturated rings. The van der Waals surface area contributed by atoms with Gasteiger partial charge in [0.05, 0.1) is 12.7 Å². The first-order valence-corrected chi connectivity index (χ1v) is 6.42. The summed E-state index contributed by atoms with van der Waals surface area (Å²) in [6, 6.07) is 11.5. The van der Waals surface area contributed by atoms with Gasteiger partial charge in [-0.05, 0) is 17.7 Å². The van der Waals surface area contributed by atoms with Crippen LogP contribution in [0.15, 0.2) is 48.5 Å². The summed E-state index contributed by atoms with van der Waals surface area (Å²) in [6.07, 6.45) is 0. The minimum absolute atomic E-state index is 0.286. The molecule has 0 aromatic heterocycles. The molecule has 0 radical (unpaired) electrons. The summed E-state index contributed by atoms with van der Waals surface area (Å²) in [5.41, 5.74) is 0.559. The molecule has 1 atom stereocenters. The fourth-order valence-electron chi connectivity index (χ4n) is 2.02. The lowest BCUT2D eigenvalue weighted by atomic mass is 10.0. The number of esters is 1. The van der Waals surface area contributed by atoms with E-state index in [1.807, 2.05) is 30.3 Å². The van der Waals surface area contributed by atoms with Crippen LogP contribution in [0.1, 0.15) is 17.2 Å². The van der Waals surface area contributed by atoms with E-state index in [4.69, 9.17) is 0 Å². The van der Waals surface area contributed by atoms with Gasteiger partial charge in [-0.2, -0.15) is 0 Å². The number of hydrogen-bond acceptors (Lipinski definition) is 3. The second-order valence-electron chi connectivity index (χ2n) is 4.46. The summed E-state index contributed by atoms with van der Waals surface area (Å²) in [7, 11) is 1.18. The number of carbonyl (C=O) groups is 1. The molecule has 0 heterocycles. The predicted molar refractivity (Wildman–Crippen MR) is 74.4 cm³/mol. The Kier molecular flexibility index (Phi) is 5.00. The molecule has 2 rings (SSSR count). The molecule has 0 amide bonds. The lowest BCUT2D eigenvalue weighted by molar-refractivity contribution is -0.143. The van der Waals surface area contributed by atoms with Crippen molar-refractivity contribution in [2.24, 2.45) is 0 Å². The topological polar surface area (TPSA) is 38.3 Å². The van der Waals surface area contributed by atoms with Crippen molar-refractivity contribution in [1.82, 2.24) is 5.32 Å². The maximum Gasteiger partial charge on any atom is 0.327 e. The lowest BCUT2D eigenvalue weighted by Gasteiger charge is -2.18. The molecule has 1 N–H and O–H groups in total. The summed E-state index contributed by atoms with van der Waals surface area (Å²) in [4.78, 5) is 11.8. The van der Waals surface area contributed by atoms with Crippen LogP contribution in [0.4, 0.5) is 8.78 Å². The fourth-order valence-corrected chi connectivity index (χ4v) is 2.02. The van der Waals surface area contributed by atoms with Crippen LogP contribution in [0, 0.1) is 11.6 Å². The number of carbonyl (C=O) groups excluding carboxylic acids is 1. The number of halogens is 2. The van der Waals surface area contributed by atoms with Crippen LogP contribution in [-0.4, -0.2) is 13.1 Å². The Morgan fingerprint density at radius 2 is 1.71 bits per heavy atom. The number of hydrogen-bond donors (Lipinski definition) is 1. The minimum atomic E-state index is -1.20. The van der Waals surface area contributed by atoms with Crippen LogP contribution in [-0.2, 0) is 16.1 Å². The highest BCUT2D eigenvalue weighted by Gasteiger charge is 2.27. The van der Waals surface area contributed by atoms with Gasteiger partial charge in [-0.15, -0.1) is 0 Å². The average Bonchev–Trinajstić information content (AvgIpc) is 2.50. The fraction of sp³-hybridized carbons (Fsp3) is 0.188. The van der Waals surface area contributed by atoms with Crippen molar-refractivity contribution in [3.05, 3.63) is 71.3 Å². The van der Waals surface area contributed by atoms with Crippen molar-refractivity contribution < 1.29 is 18.3 Å². The summed E-state index contributed by atoms with van der Waals surface area (Å²) < 4.78 is 32.3. The Hall–Kier alpha value is -2.27. The SMILES string of the molecule is COC(=O)C(NCc1ccccc1)c1c(F)cccc1F. The molecule has 3 nitrogen and oxygen atoms in total. The first-order chi connectivity index (χ1) is 10.1. The van der Waals surface area contributed by atoms with Crippen LogP contribution in [0.2, 0.25) is 0 Å². The van der Waals surface area contributed by atoms with E-state index in [9.17, 15) is 13.6 Å². The second-order valence-corrected chi connectivity index (χ2v) is 4.46. The molecular formula is C16H15F2NO2. The van der Waals surface area contributed by atoms with E-state index < -0.39 is 23.6 Å². The Bertz CT molecular complexity index is 597. The predicted octanol–water partition coefficient (Wildman–Crippen LogP) is 2.97. The van der Waals surface area contributed by atoms with E-state index in [1.165, 1.54) is 13.2 Å². The Labute approximate surface area is 121 Å². The first-order valence-electron chi connectivity index (χ1n) is 6.42. The highest BCUT2D eigenvalue weighted by Crippen LogP contribution is 2.22. The van der Waals surface area contributed by atoms with Gasteiger partial charge in [0.2, 0.25) is 0 Å². The number of nitrogens with one attached hydrogen (secondary N) is 1. The third-order valence-electron chi connectivity index (χ3n) is 3.08. The van der Waals surface area contributed by atoms with E-state index in [2.05, 4.69) is 10.1 Å². The summed E-state index contributed by atoms with van der Waals surface area (Å²) in [5.74, 6) is -2.31. The monoisotopic (exact) mass is 291 g/mol. The average molecular weight is 291 g/mol. The highest BCUT2D eigenvalue weighted by atomic mass is 19.1. The first kappa shape index (κ1) is 15.1. The molecule has 0 bridgehead atoms. The van der Waals surface area contributed by atoms with Gasteiger partial charge in [-0.1, -0.05) is 36.4 Å². The standard InChI is InChI=1S/C16H15F2NO2/c1-21-16(20)15(14-12(17)8-5-9-13(14)18)19-10-11-6-3-2-4-7-11/h2-9,15,19H,10H2,1H3. The number of benzene rings is 2. The minimum Gasteiger partial charge on any atom is -0.468 e. The number of ether oxygens (including phenoxy) is 1. The molecule has 1 unspecified atom stereocenters. The molecular weight excluding hydrogens is 276 g/mol. The Morgan fingerprint density at radius 3 is 2.29 bits per heavy atom. The van der Waals surface area contributed by atoms with Crippen molar-refractivity contribution in [3.8, 4) is 0 Å².